The van der Waals surface area contributed by atoms with Crippen LogP contribution in [-0.4, -0.2) is 129 Å². The molecular weight excluding hydrogens is 981 g/mol. The molecule has 3 aliphatic heterocycles. The van der Waals surface area contributed by atoms with Crippen LogP contribution >= 0.6 is 11.3 Å². The zero-order valence-corrected chi connectivity index (χ0v) is 45.6. The monoisotopic (exact) mass is 1060 g/mol. The smallest absolute Gasteiger partial charge is 0.246 e. The third kappa shape index (κ3) is 14.2. The summed E-state index contributed by atoms with van der Waals surface area (Å²) in [6.45, 7) is 14.1. The Morgan fingerprint density at radius 2 is 1.50 bits per heavy atom. The summed E-state index contributed by atoms with van der Waals surface area (Å²) in [4.78, 5) is 67.8. The first kappa shape index (κ1) is 55.4. The molecule has 3 saturated heterocycles. The normalized spacial score (nSPS) is 18.8. The number of rotatable bonds is 20. The number of β-amino-alcohol motifs (C(OH)–C–C–N with tert-alkyl or cyclic N) is 1. The number of aromatic hydroxyl groups is 1. The summed E-state index contributed by atoms with van der Waals surface area (Å²) in [6, 6.07) is 23.3. The molecule has 0 bridgehead atoms. The quantitative estimate of drug-likeness (QED) is 0.0467. The van der Waals surface area contributed by atoms with Gasteiger partial charge in [0.2, 0.25) is 23.6 Å². The van der Waals surface area contributed by atoms with Gasteiger partial charge in [0.15, 0.2) is 11.6 Å². The fraction of sp³-hybridized carbons (Fsp3) is 0.500. The third-order valence-electron chi connectivity index (χ3n) is 15.0. The molecule has 2 aromatic heterocycles. The number of ether oxygens (including phenoxy) is 1. The highest BCUT2D eigenvalue weighted by Crippen LogP contribution is 2.34. The number of hydrogen-bond donors (Lipinski definition) is 5. The number of carbonyl (C=O) groups is 4. The van der Waals surface area contributed by atoms with Crippen molar-refractivity contribution in [1.82, 2.24) is 35.6 Å². The molecule has 8 rings (SSSR count). The molecule has 0 saturated carbocycles. The number of phenolic OH excluding ortho intramolecular Hbond substituents is 1. The van der Waals surface area contributed by atoms with Gasteiger partial charge in [0, 0.05) is 81.5 Å². The number of carbonyl (C=O) groups excluding carboxylic acids is 4. The van der Waals surface area contributed by atoms with Crippen molar-refractivity contribution in [2.45, 2.75) is 136 Å². The van der Waals surface area contributed by atoms with Crippen molar-refractivity contribution in [2.24, 2.45) is 5.41 Å². The van der Waals surface area contributed by atoms with Crippen LogP contribution in [0, 0.1) is 12.3 Å². The number of piperidine rings is 1. The number of aromatic nitrogens is 3. The number of amides is 4. The van der Waals surface area contributed by atoms with Crippen LogP contribution in [0.5, 0.6) is 11.5 Å². The van der Waals surface area contributed by atoms with E-state index in [1.807, 2.05) is 75.4 Å². The number of aryl methyl sites for hydroxylation is 1. The number of piperazine rings is 1. The fourth-order valence-electron chi connectivity index (χ4n) is 10.5. The summed E-state index contributed by atoms with van der Waals surface area (Å²) in [5.74, 6) is 0.0532. The van der Waals surface area contributed by atoms with Gasteiger partial charge in [-0.2, -0.15) is 0 Å². The summed E-state index contributed by atoms with van der Waals surface area (Å²) < 4.78 is 6.38. The maximum Gasteiger partial charge on any atom is 0.246 e. The molecule has 3 aromatic carbocycles. The molecular formula is C58H76N10O7S. The van der Waals surface area contributed by atoms with Crippen molar-refractivity contribution >= 4 is 52.2 Å². The predicted molar refractivity (Wildman–Crippen MR) is 298 cm³/mol. The van der Waals surface area contributed by atoms with Crippen molar-refractivity contribution in [1.29, 1.82) is 0 Å². The minimum atomic E-state index is -0.873. The second-order valence-corrected chi connectivity index (χ2v) is 22.6. The molecule has 17 nitrogen and oxygen atoms in total. The Kier molecular flexibility index (Phi) is 18.5. The average Bonchev–Trinajstić information content (AvgIpc) is 4.06. The topological polar surface area (TPSA) is 220 Å². The molecule has 3 fully saturated rings. The lowest BCUT2D eigenvalue weighted by Gasteiger charge is -2.37. The van der Waals surface area contributed by atoms with Gasteiger partial charge in [-0.3, -0.25) is 19.2 Å². The first-order valence-electron chi connectivity index (χ1n) is 27.1. The molecule has 6 N–H and O–H groups in total. The summed E-state index contributed by atoms with van der Waals surface area (Å²) in [5, 5.41) is 35.3. The van der Waals surface area contributed by atoms with E-state index in [0.29, 0.717) is 49.5 Å². The van der Waals surface area contributed by atoms with Gasteiger partial charge in [0.1, 0.15) is 29.6 Å². The number of nitrogens with one attached hydrogen (secondary N) is 2. The Hall–Kier alpha value is -6.79. The van der Waals surface area contributed by atoms with E-state index in [0.717, 1.165) is 97.7 Å². The second-order valence-electron chi connectivity index (χ2n) is 21.7. The minimum Gasteiger partial charge on any atom is -0.507 e. The Morgan fingerprint density at radius 3 is 2.17 bits per heavy atom. The second kappa shape index (κ2) is 25.4. The fourth-order valence-corrected chi connectivity index (χ4v) is 11.3. The number of nitrogen functional groups attached to an aromatic ring is 1. The third-order valence-corrected chi connectivity index (χ3v) is 15.9. The van der Waals surface area contributed by atoms with Gasteiger partial charge in [-0.05, 0) is 92.5 Å². The highest BCUT2D eigenvalue weighted by atomic mass is 32.1. The molecule has 0 spiro atoms. The molecule has 18 heteroatoms. The van der Waals surface area contributed by atoms with E-state index in [2.05, 4.69) is 59.9 Å². The number of nitrogens with zero attached hydrogens (tertiary/aromatic N) is 7. The predicted octanol–water partition coefficient (Wildman–Crippen LogP) is 8.05. The zero-order valence-electron chi connectivity index (χ0n) is 44.7. The van der Waals surface area contributed by atoms with E-state index >= 15 is 0 Å². The van der Waals surface area contributed by atoms with Crippen molar-refractivity contribution in [2.75, 3.05) is 61.3 Å². The molecule has 0 radical (unpaired) electrons. The molecule has 1 unspecified atom stereocenters. The van der Waals surface area contributed by atoms with Crippen molar-refractivity contribution in [3.63, 3.8) is 0 Å². The maximum absolute atomic E-state index is 14.1. The first-order chi connectivity index (χ1) is 36.5. The number of aliphatic hydroxyl groups excluding tert-OH is 1. The number of thiazole rings is 1. The Morgan fingerprint density at radius 1 is 0.829 bits per heavy atom. The Balaban J connectivity index is 0.701. The average molecular weight is 1060 g/mol. The number of benzene rings is 3. The summed E-state index contributed by atoms with van der Waals surface area (Å²) in [6.07, 6.45) is 7.07. The molecule has 5 aromatic rings. The number of phenols is 1. The lowest BCUT2D eigenvalue weighted by atomic mass is 9.85. The lowest BCUT2D eigenvalue weighted by molar-refractivity contribution is -0.144. The van der Waals surface area contributed by atoms with Crippen LogP contribution in [0.15, 0.2) is 84.4 Å². The van der Waals surface area contributed by atoms with Crippen molar-refractivity contribution < 1.29 is 34.1 Å². The molecule has 76 heavy (non-hydrogen) atoms. The summed E-state index contributed by atoms with van der Waals surface area (Å²) >= 11 is 1.58. The standard InChI is InChI=1S/C58H76N10O7S/c1-38(40-20-22-41(23-21-40)53-39(2)60-37-76-53)61-56(73)48-33-44(69)35-68(48)57(74)54(58(3,4)5)62-51(71)18-10-8-6-7-9-11-19-52(72)66-31-29-65(30-32-66)42-24-26-43(27-25-42)67-28-14-15-45(36-67)75-50-34-47(63-64-55(50)59)46-16-12-13-17-49(46)70/h12-13,16-17,20-27,34,37-38,44-45,48,54,69-70H,6-11,14-15,18-19,28-33,35-36H2,1-5H3,(H2,59,64)(H,61,73)(H,62,71)/t38-,44+,45?,48-,54+/m0/s1. The van der Waals surface area contributed by atoms with E-state index < -0.39 is 23.6 Å². The number of aliphatic hydroxyl groups is 1. The number of anilines is 3. The van der Waals surface area contributed by atoms with E-state index in [-0.39, 0.29) is 66.7 Å². The minimum absolute atomic E-state index is 0.0186. The summed E-state index contributed by atoms with van der Waals surface area (Å²) in [7, 11) is 0. The number of unbranched alkanes of at least 4 members (excludes halogenated alkanes) is 5. The van der Waals surface area contributed by atoms with Gasteiger partial charge in [-0.25, -0.2) is 4.98 Å². The van der Waals surface area contributed by atoms with Gasteiger partial charge < -0.3 is 50.9 Å². The van der Waals surface area contributed by atoms with Gasteiger partial charge in [0.25, 0.3) is 0 Å². The van der Waals surface area contributed by atoms with E-state index in [4.69, 9.17) is 10.5 Å². The number of likely N-dealkylation sites (tertiary alicyclic amines) is 1. The van der Waals surface area contributed by atoms with Crippen LogP contribution in [0.3, 0.4) is 0 Å². The van der Waals surface area contributed by atoms with Crippen LogP contribution in [0.4, 0.5) is 17.2 Å². The molecule has 0 aliphatic carbocycles. The van der Waals surface area contributed by atoms with Crippen LogP contribution < -0.4 is 30.9 Å². The highest BCUT2D eigenvalue weighted by Gasteiger charge is 2.44. The number of nitrogens with two attached hydrogens (primary N) is 1. The van der Waals surface area contributed by atoms with Crippen molar-refractivity contribution in [3.05, 3.63) is 95.6 Å². The van der Waals surface area contributed by atoms with Crippen LogP contribution in [0.1, 0.15) is 116 Å². The Bertz CT molecular complexity index is 2760. The largest absolute Gasteiger partial charge is 0.507 e. The summed E-state index contributed by atoms with van der Waals surface area (Å²) in [5.41, 5.74) is 13.6. The van der Waals surface area contributed by atoms with E-state index in [1.165, 1.54) is 4.90 Å². The van der Waals surface area contributed by atoms with Crippen molar-refractivity contribution in [3.8, 4) is 33.2 Å². The lowest BCUT2D eigenvalue weighted by Crippen LogP contribution is -2.57. The molecule has 406 valence electrons. The Labute approximate surface area is 451 Å². The first-order valence-corrected chi connectivity index (χ1v) is 27.9. The van der Waals surface area contributed by atoms with Crippen LogP contribution in [0.2, 0.25) is 0 Å². The maximum atomic E-state index is 14.1. The van der Waals surface area contributed by atoms with Crippen LogP contribution in [-0.2, 0) is 19.2 Å². The molecule has 4 amide bonds. The van der Waals surface area contributed by atoms with Gasteiger partial charge in [-0.15, -0.1) is 21.5 Å². The highest BCUT2D eigenvalue weighted by molar-refractivity contribution is 7.13. The van der Waals surface area contributed by atoms with Gasteiger partial charge in [0.05, 0.1) is 34.8 Å². The SMILES string of the molecule is Cc1ncsc1-c1ccc([C@H](C)NC(=O)[C@@H]2C[C@@H](O)CN2C(=O)[C@@H](NC(=O)CCCCCCCCC(=O)N2CCN(c3ccc(N4CCCC(Oc5cc(-c6ccccc6O)nnc5N)C4)cc3)CC2)C(C)(C)C)cc1. The van der Waals surface area contributed by atoms with Gasteiger partial charge >= 0.3 is 0 Å². The number of para-hydroxylation sites is 1. The zero-order chi connectivity index (χ0) is 53.9. The number of hydrogen-bond acceptors (Lipinski definition) is 14. The molecule has 5 heterocycles. The van der Waals surface area contributed by atoms with Gasteiger partial charge in [-0.1, -0.05) is 82.9 Å². The van der Waals surface area contributed by atoms with E-state index in [9.17, 15) is 29.4 Å². The molecule has 3 aliphatic rings. The van der Waals surface area contributed by atoms with Crippen LogP contribution in [0.25, 0.3) is 21.7 Å². The molecule has 5 atom stereocenters. The van der Waals surface area contributed by atoms with E-state index in [1.54, 1.807) is 35.6 Å².